The molecule has 1 aromatic rings. The molecule has 0 unspecified atom stereocenters. The minimum Gasteiger partial charge on any atom is -0.480 e. The fourth-order valence-corrected chi connectivity index (χ4v) is 2.25. The normalized spacial score (nSPS) is 15.0. The molecule has 114 valence electrons. The van der Waals surface area contributed by atoms with Gasteiger partial charge in [0.25, 0.3) is 5.91 Å². The first-order valence-electron chi connectivity index (χ1n) is 6.54. The zero-order chi connectivity index (χ0) is 16.2. The number of amides is 1. The van der Waals surface area contributed by atoms with Gasteiger partial charge in [-0.1, -0.05) is 25.4 Å². The van der Waals surface area contributed by atoms with E-state index in [2.05, 4.69) is 27.3 Å². The molecule has 1 N–H and O–H groups in total. The molecule has 21 heavy (non-hydrogen) atoms. The largest absolute Gasteiger partial charge is 0.480 e. The molecule has 0 aromatic heterocycles. The first-order chi connectivity index (χ1) is 9.69. The third kappa shape index (κ3) is 4.62. The van der Waals surface area contributed by atoms with Gasteiger partial charge in [0.2, 0.25) is 0 Å². The fourth-order valence-electron chi connectivity index (χ4n) is 1.47. The molecule has 0 radical (unpaired) electrons. The van der Waals surface area contributed by atoms with Crippen molar-refractivity contribution in [2.24, 2.45) is 5.92 Å². The Morgan fingerprint density at radius 3 is 2.57 bits per heavy atom. The van der Waals surface area contributed by atoms with Crippen LogP contribution in [-0.4, -0.2) is 17.6 Å². The maximum atomic E-state index is 12.2. The number of halogens is 2. The van der Waals surface area contributed by atoms with Gasteiger partial charge in [0.1, 0.15) is 11.3 Å². The van der Waals surface area contributed by atoms with E-state index in [1.807, 2.05) is 13.8 Å². The summed E-state index contributed by atoms with van der Waals surface area (Å²) in [7, 11) is 0. The summed E-state index contributed by atoms with van der Waals surface area (Å²) in [6.45, 7) is 7.09. The van der Waals surface area contributed by atoms with Crippen molar-refractivity contribution in [2.45, 2.75) is 39.3 Å². The molecular weight excluding hydrogens is 356 g/mol. The number of carbonyl (C=O) groups is 1. The zero-order valence-electron chi connectivity index (χ0n) is 12.4. The summed E-state index contributed by atoms with van der Waals surface area (Å²) in [4.78, 5) is 12.2. The van der Waals surface area contributed by atoms with Gasteiger partial charge in [0.05, 0.1) is 10.5 Å². The zero-order valence-corrected chi connectivity index (χ0v) is 14.7. The molecule has 0 fully saturated rings. The molecule has 2 atom stereocenters. The molecule has 0 saturated heterocycles. The van der Waals surface area contributed by atoms with Crippen LogP contribution in [0.2, 0.25) is 5.02 Å². The lowest BCUT2D eigenvalue weighted by atomic mass is 9.90. The highest BCUT2D eigenvalue weighted by atomic mass is 79.9. The molecule has 0 spiro atoms. The van der Waals surface area contributed by atoms with Gasteiger partial charge in [-0.3, -0.25) is 4.79 Å². The maximum absolute atomic E-state index is 12.2. The number of hydrogen-bond acceptors (Lipinski definition) is 3. The highest BCUT2D eigenvalue weighted by Gasteiger charge is 2.32. The van der Waals surface area contributed by atoms with Gasteiger partial charge in [-0.2, -0.15) is 5.26 Å². The number of benzene rings is 1. The van der Waals surface area contributed by atoms with Gasteiger partial charge in [0.15, 0.2) is 6.10 Å². The van der Waals surface area contributed by atoms with Gasteiger partial charge in [-0.15, -0.1) is 0 Å². The van der Waals surface area contributed by atoms with Crippen molar-refractivity contribution < 1.29 is 9.53 Å². The second-order valence-corrected chi connectivity index (χ2v) is 6.58. The Balaban J connectivity index is 2.78. The standard InChI is InChI=1S/C15H18BrClN2O2/c1-9(2)15(4,8-18)19-14(20)10(3)21-13-6-5-11(17)7-12(13)16/h5-7,9-10H,1-4H3,(H,19,20)/t10-,15+/m0/s1. The third-order valence-electron chi connectivity index (χ3n) is 3.34. The smallest absolute Gasteiger partial charge is 0.262 e. The monoisotopic (exact) mass is 372 g/mol. The molecule has 0 aliphatic heterocycles. The summed E-state index contributed by atoms with van der Waals surface area (Å²) in [5.41, 5.74) is -0.925. The molecule has 6 heteroatoms. The van der Waals surface area contributed by atoms with Crippen LogP contribution >= 0.6 is 27.5 Å². The van der Waals surface area contributed by atoms with Gasteiger partial charge in [0, 0.05) is 5.02 Å². The minimum absolute atomic E-state index is 0.0130. The minimum atomic E-state index is -0.925. The van der Waals surface area contributed by atoms with Crippen LogP contribution in [0, 0.1) is 17.2 Å². The van der Waals surface area contributed by atoms with Crippen molar-refractivity contribution in [1.29, 1.82) is 5.26 Å². The number of ether oxygens (including phenoxy) is 1. The molecule has 0 heterocycles. The second-order valence-electron chi connectivity index (χ2n) is 5.29. The van der Waals surface area contributed by atoms with Crippen LogP contribution in [-0.2, 0) is 4.79 Å². The number of rotatable bonds is 5. The van der Waals surface area contributed by atoms with Crippen LogP contribution in [0.3, 0.4) is 0 Å². The van der Waals surface area contributed by atoms with Crippen molar-refractivity contribution in [3.63, 3.8) is 0 Å². The molecule has 0 bridgehead atoms. The summed E-state index contributed by atoms with van der Waals surface area (Å²) in [5.74, 6) is 0.167. The summed E-state index contributed by atoms with van der Waals surface area (Å²) in [6.07, 6.45) is -0.728. The molecular formula is C15H18BrClN2O2. The lowest BCUT2D eigenvalue weighted by Gasteiger charge is -2.28. The molecule has 0 aliphatic rings. The van der Waals surface area contributed by atoms with Gasteiger partial charge in [-0.05, 0) is 53.9 Å². The summed E-state index contributed by atoms with van der Waals surface area (Å²) < 4.78 is 6.27. The first kappa shape index (κ1) is 17.8. The number of hydrogen-bond donors (Lipinski definition) is 1. The molecule has 4 nitrogen and oxygen atoms in total. The Morgan fingerprint density at radius 2 is 2.10 bits per heavy atom. The van der Waals surface area contributed by atoms with Crippen molar-refractivity contribution in [3.8, 4) is 11.8 Å². The third-order valence-corrected chi connectivity index (χ3v) is 4.19. The average Bonchev–Trinajstić information content (AvgIpc) is 2.41. The van der Waals surface area contributed by atoms with E-state index >= 15 is 0 Å². The van der Waals surface area contributed by atoms with E-state index in [9.17, 15) is 10.1 Å². The van der Waals surface area contributed by atoms with Crippen LogP contribution in [0.5, 0.6) is 5.75 Å². The first-order valence-corrected chi connectivity index (χ1v) is 7.71. The van der Waals surface area contributed by atoms with Crippen LogP contribution in [0.15, 0.2) is 22.7 Å². The van der Waals surface area contributed by atoms with Crippen molar-refractivity contribution in [3.05, 3.63) is 27.7 Å². The van der Waals surface area contributed by atoms with E-state index in [1.165, 1.54) is 0 Å². The lowest BCUT2D eigenvalue weighted by molar-refractivity contribution is -0.129. The van der Waals surface area contributed by atoms with Crippen LogP contribution in [0.4, 0.5) is 0 Å². The molecule has 0 saturated carbocycles. The Labute approximate surface area is 138 Å². The molecule has 0 aliphatic carbocycles. The van der Waals surface area contributed by atoms with Crippen LogP contribution in [0.25, 0.3) is 0 Å². The summed E-state index contributed by atoms with van der Waals surface area (Å²) in [6, 6.07) is 7.18. The Hall–Kier alpha value is -1.25. The number of carbonyl (C=O) groups excluding carboxylic acids is 1. The Bertz CT molecular complexity index is 571. The molecule has 1 aromatic carbocycles. The van der Waals surface area contributed by atoms with Crippen molar-refractivity contribution >= 4 is 33.4 Å². The highest BCUT2D eigenvalue weighted by molar-refractivity contribution is 9.10. The van der Waals surface area contributed by atoms with Gasteiger partial charge >= 0.3 is 0 Å². The number of nitriles is 1. The number of nitrogens with zero attached hydrogens (tertiary/aromatic N) is 1. The maximum Gasteiger partial charge on any atom is 0.262 e. The molecule has 1 amide bonds. The SMILES string of the molecule is CC(C)[C@@](C)(C#N)NC(=O)[C@H](C)Oc1ccc(Cl)cc1Br. The predicted octanol–water partition coefficient (Wildman–Crippen LogP) is 3.92. The average molecular weight is 374 g/mol. The lowest BCUT2D eigenvalue weighted by Crippen LogP contribution is -2.52. The van der Waals surface area contributed by atoms with E-state index in [1.54, 1.807) is 32.0 Å². The molecule has 1 rings (SSSR count). The Morgan fingerprint density at radius 1 is 1.48 bits per heavy atom. The predicted molar refractivity (Wildman–Crippen MR) is 86.2 cm³/mol. The van der Waals surface area contributed by atoms with E-state index in [4.69, 9.17) is 16.3 Å². The van der Waals surface area contributed by atoms with Crippen molar-refractivity contribution in [1.82, 2.24) is 5.32 Å². The highest BCUT2D eigenvalue weighted by Crippen LogP contribution is 2.29. The summed E-state index contributed by atoms with van der Waals surface area (Å²) in [5, 5.41) is 12.5. The van der Waals surface area contributed by atoms with Gasteiger partial charge < -0.3 is 10.1 Å². The second kappa shape index (κ2) is 7.15. The topological polar surface area (TPSA) is 62.1 Å². The van der Waals surface area contributed by atoms with Crippen LogP contribution in [0.1, 0.15) is 27.7 Å². The fraction of sp³-hybridized carbons (Fsp3) is 0.467. The van der Waals surface area contributed by atoms with E-state index in [0.29, 0.717) is 15.2 Å². The van der Waals surface area contributed by atoms with Gasteiger partial charge in [-0.25, -0.2) is 0 Å². The number of nitrogens with one attached hydrogen (secondary N) is 1. The summed E-state index contributed by atoms with van der Waals surface area (Å²) >= 11 is 9.19. The quantitative estimate of drug-likeness (QED) is 0.850. The van der Waals surface area contributed by atoms with Crippen LogP contribution < -0.4 is 10.1 Å². The van der Waals surface area contributed by atoms with E-state index in [-0.39, 0.29) is 11.8 Å². The van der Waals surface area contributed by atoms with E-state index < -0.39 is 11.6 Å². The van der Waals surface area contributed by atoms with E-state index in [0.717, 1.165) is 0 Å². The Kier molecular flexibility index (Phi) is 6.06. The van der Waals surface area contributed by atoms with Crippen molar-refractivity contribution in [2.75, 3.05) is 0 Å².